The van der Waals surface area contributed by atoms with Crippen LogP contribution in [0.1, 0.15) is 41.4 Å². The van der Waals surface area contributed by atoms with Crippen LogP contribution < -0.4 is 0 Å². The van der Waals surface area contributed by atoms with Crippen LogP contribution in [0.4, 0.5) is 0 Å². The van der Waals surface area contributed by atoms with Crippen molar-refractivity contribution in [2.24, 2.45) is 0 Å². The van der Waals surface area contributed by atoms with Crippen LogP contribution in [0.5, 0.6) is 0 Å². The molecule has 2 rings (SSSR count). The van der Waals surface area contributed by atoms with Crippen LogP contribution in [0.25, 0.3) is 10.8 Å². The van der Waals surface area contributed by atoms with E-state index in [1.165, 1.54) is 0 Å². The van der Waals surface area contributed by atoms with Gasteiger partial charge in [-0.1, -0.05) is 6.07 Å². The average molecular weight is 288 g/mol. The third-order valence-corrected chi connectivity index (χ3v) is 3.01. The molecular weight excluding hydrogens is 280 g/mol. The smallest absolute Gasteiger partial charge is 0.336 e. The van der Waals surface area contributed by atoms with Crippen molar-refractivity contribution < 1.29 is 34.5 Å². The van der Waals surface area contributed by atoms with Crippen molar-refractivity contribution >= 4 is 35.0 Å². The number of hydrogen-bond acceptors (Lipinski definition) is 4. The molecule has 0 atom stereocenters. The van der Waals surface area contributed by atoms with Gasteiger partial charge in [0.05, 0.1) is 16.7 Å². The molecule has 0 fully saturated rings. The molecule has 2 aromatic carbocycles. The molecule has 106 valence electrons. The Morgan fingerprint density at radius 3 is 1.48 bits per heavy atom. The van der Waals surface area contributed by atoms with Crippen molar-refractivity contribution in [3.8, 4) is 0 Å². The van der Waals surface area contributed by atoms with Gasteiger partial charge in [0.2, 0.25) is 0 Å². The lowest BCUT2D eigenvalue weighted by atomic mass is 9.92. The number of rotatable bonds is 4. The van der Waals surface area contributed by atoms with Crippen molar-refractivity contribution in [3.05, 3.63) is 46.5 Å². The van der Waals surface area contributed by atoms with Gasteiger partial charge >= 0.3 is 17.9 Å². The SMILES string of the molecule is O=Cc1ccc(C(=O)O)c2c(C(=O)O)ccc(C(=O)O)c12. The topological polar surface area (TPSA) is 129 Å². The second kappa shape index (κ2) is 5.04. The number of carboxylic acid groups (broad SMARTS) is 3. The number of fused-ring (bicyclic) bond motifs is 1. The van der Waals surface area contributed by atoms with Gasteiger partial charge in [-0.2, -0.15) is 0 Å². The van der Waals surface area contributed by atoms with E-state index < -0.39 is 17.9 Å². The van der Waals surface area contributed by atoms with E-state index in [0.717, 1.165) is 24.3 Å². The van der Waals surface area contributed by atoms with E-state index in [2.05, 4.69) is 0 Å². The molecule has 0 aliphatic carbocycles. The molecule has 7 nitrogen and oxygen atoms in total. The molecule has 3 N–H and O–H groups in total. The van der Waals surface area contributed by atoms with Gasteiger partial charge in [0.15, 0.2) is 6.29 Å². The van der Waals surface area contributed by atoms with Crippen molar-refractivity contribution in [2.75, 3.05) is 0 Å². The Morgan fingerprint density at radius 1 is 0.714 bits per heavy atom. The minimum atomic E-state index is -1.41. The van der Waals surface area contributed by atoms with E-state index in [0.29, 0.717) is 6.29 Å². The predicted molar refractivity (Wildman–Crippen MR) is 70.2 cm³/mol. The summed E-state index contributed by atoms with van der Waals surface area (Å²) in [5, 5.41) is 27.0. The summed E-state index contributed by atoms with van der Waals surface area (Å²) in [6.45, 7) is 0. The second-order valence-corrected chi connectivity index (χ2v) is 4.15. The van der Waals surface area contributed by atoms with Gasteiger partial charge in [-0.05, 0) is 18.2 Å². The fourth-order valence-electron chi connectivity index (χ4n) is 2.15. The number of hydrogen-bond donors (Lipinski definition) is 3. The molecule has 21 heavy (non-hydrogen) atoms. The zero-order valence-corrected chi connectivity index (χ0v) is 10.4. The maximum atomic E-state index is 11.2. The normalized spacial score (nSPS) is 10.3. The van der Waals surface area contributed by atoms with Gasteiger partial charge < -0.3 is 15.3 Å². The molecule has 0 spiro atoms. The number of benzene rings is 2. The van der Waals surface area contributed by atoms with Crippen molar-refractivity contribution in [2.45, 2.75) is 0 Å². The predicted octanol–water partition coefficient (Wildman–Crippen LogP) is 1.75. The standard InChI is InChI=1S/C14H8O7/c15-5-6-1-2-8(13(18)19)11-9(14(20)21)4-3-7(10(6)11)12(16)17/h1-5H,(H,16,17)(H,18,19)(H,20,21). The number of carbonyl (C=O) groups is 4. The first kappa shape index (κ1) is 14.2. The molecule has 0 aliphatic rings. The Morgan fingerprint density at radius 2 is 1.10 bits per heavy atom. The molecule has 0 aliphatic heterocycles. The number of carbonyl (C=O) groups excluding carboxylic acids is 1. The summed E-state index contributed by atoms with van der Waals surface area (Å²) >= 11 is 0. The van der Waals surface area contributed by atoms with Crippen molar-refractivity contribution in [1.82, 2.24) is 0 Å². The lowest BCUT2D eigenvalue weighted by Crippen LogP contribution is -2.09. The highest BCUT2D eigenvalue weighted by molar-refractivity contribution is 6.20. The van der Waals surface area contributed by atoms with Gasteiger partial charge in [-0.25, -0.2) is 14.4 Å². The molecule has 0 unspecified atom stereocenters. The fourth-order valence-corrected chi connectivity index (χ4v) is 2.15. The average Bonchev–Trinajstić information content (AvgIpc) is 2.43. The first-order chi connectivity index (χ1) is 9.88. The van der Waals surface area contributed by atoms with Crippen LogP contribution in [0.15, 0.2) is 24.3 Å². The lowest BCUT2D eigenvalue weighted by molar-refractivity contribution is 0.0681. The maximum Gasteiger partial charge on any atom is 0.336 e. The Kier molecular flexibility index (Phi) is 3.41. The van der Waals surface area contributed by atoms with E-state index in [9.17, 15) is 19.2 Å². The van der Waals surface area contributed by atoms with Gasteiger partial charge in [0.1, 0.15) is 0 Å². The van der Waals surface area contributed by atoms with E-state index in [4.69, 9.17) is 15.3 Å². The Hall–Kier alpha value is -3.22. The largest absolute Gasteiger partial charge is 0.478 e. The van der Waals surface area contributed by atoms with Gasteiger partial charge in [-0.15, -0.1) is 0 Å². The number of carboxylic acids is 3. The van der Waals surface area contributed by atoms with Crippen LogP contribution in [0.3, 0.4) is 0 Å². The highest BCUT2D eigenvalue weighted by Crippen LogP contribution is 2.29. The van der Waals surface area contributed by atoms with Gasteiger partial charge in [-0.3, -0.25) is 4.79 Å². The Labute approximate surface area is 117 Å². The molecule has 0 saturated carbocycles. The molecular formula is C14H8O7. The van der Waals surface area contributed by atoms with Crippen LogP contribution in [0, 0.1) is 0 Å². The lowest BCUT2D eigenvalue weighted by Gasteiger charge is -2.11. The Bertz CT molecular complexity index is 784. The number of aromatic carboxylic acids is 3. The summed E-state index contributed by atoms with van der Waals surface area (Å²) in [7, 11) is 0. The quantitative estimate of drug-likeness (QED) is 0.730. The third-order valence-electron chi connectivity index (χ3n) is 3.01. The molecule has 0 bridgehead atoms. The van der Waals surface area contributed by atoms with Crippen LogP contribution >= 0.6 is 0 Å². The maximum absolute atomic E-state index is 11.2. The second-order valence-electron chi connectivity index (χ2n) is 4.15. The zero-order valence-electron chi connectivity index (χ0n) is 10.4. The number of aldehydes is 1. The minimum Gasteiger partial charge on any atom is -0.478 e. The molecule has 0 radical (unpaired) electrons. The molecule has 0 aromatic heterocycles. The highest BCUT2D eigenvalue weighted by Gasteiger charge is 2.22. The van der Waals surface area contributed by atoms with Crippen LogP contribution in [-0.4, -0.2) is 39.5 Å². The summed E-state index contributed by atoms with van der Waals surface area (Å²) in [5.41, 5.74) is -1.18. The molecule has 2 aromatic rings. The van der Waals surface area contributed by atoms with E-state index in [-0.39, 0.29) is 33.0 Å². The third kappa shape index (κ3) is 2.20. The van der Waals surface area contributed by atoms with Gasteiger partial charge in [0, 0.05) is 16.3 Å². The van der Waals surface area contributed by atoms with Crippen molar-refractivity contribution in [1.29, 1.82) is 0 Å². The first-order valence-electron chi connectivity index (χ1n) is 5.63. The summed E-state index contributed by atoms with van der Waals surface area (Å²) in [5.74, 6) is -4.22. The van der Waals surface area contributed by atoms with E-state index in [1.54, 1.807) is 0 Å². The summed E-state index contributed by atoms with van der Waals surface area (Å²) in [6.07, 6.45) is 0.353. The molecule has 0 heterocycles. The highest BCUT2D eigenvalue weighted by atomic mass is 16.4. The summed E-state index contributed by atoms with van der Waals surface area (Å²) in [4.78, 5) is 44.8. The monoisotopic (exact) mass is 288 g/mol. The van der Waals surface area contributed by atoms with E-state index >= 15 is 0 Å². The first-order valence-corrected chi connectivity index (χ1v) is 5.63. The van der Waals surface area contributed by atoms with Crippen molar-refractivity contribution in [3.63, 3.8) is 0 Å². The molecule has 0 amide bonds. The summed E-state index contributed by atoms with van der Waals surface area (Å²) in [6, 6.07) is 4.27. The molecule has 0 saturated heterocycles. The Balaban J connectivity index is 3.15. The van der Waals surface area contributed by atoms with Crippen LogP contribution in [-0.2, 0) is 0 Å². The van der Waals surface area contributed by atoms with E-state index in [1.807, 2.05) is 0 Å². The van der Waals surface area contributed by atoms with Crippen LogP contribution in [0.2, 0.25) is 0 Å². The molecule has 7 heteroatoms. The van der Waals surface area contributed by atoms with Gasteiger partial charge in [0.25, 0.3) is 0 Å². The zero-order chi connectivity index (χ0) is 15.7. The fraction of sp³-hybridized carbons (Fsp3) is 0. The summed E-state index contributed by atoms with van der Waals surface area (Å²) < 4.78 is 0. The minimum absolute atomic E-state index is 0.0875.